The summed E-state index contributed by atoms with van der Waals surface area (Å²) in [6.07, 6.45) is 4.99. The first kappa shape index (κ1) is 17.9. The number of nitrogens with zero attached hydrogens (tertiary/aromatic N) is 4. The third kappa shape index (κ3) is 4.12. The van der Waals surface area contributed by atoms with Gasteiger partial charge in [-0.1, -0.05) is 0 Å². The molecule has 8 heteroatoms. The summed E-state index contributed by atoms with van der Waals surface area (Å²) in [5.41, 5.74) is 0.978. The molecule has 1 fully saturated rings. The van der Waals surface area contributed by atoms with Crippen LogP contribution < -0.4 is 10.1 Å². The number of carbonyl (C=O) groups excluding carboxylic acids is 1. The minimum Gasteiger partial charge on any atom is -0.489 e. The zero-order chi connectivity index (χ0) is 19.0. The molecule has 1 aromatic carbocycles. The Balaban J connectivity index is 1.38. The van der Waals surface area contributed by atoms with Crippen LogP contribution in [0.1, 0.15) is 25.1 Å². The number of rotatable bonds is 5. The summed E-state index contributed by atoms with van der Waals surface area (Å²) in [5.74, 6) is 0.796. The normalized spacial score (nSPS) is 20.3. The van der Waals surface area contributed by atoms with E-state index in [1.54, 1.807) is 0 Å². The molecule has 27 heavy (non-hydrogen) atoms. The lowest BCUT2D eigenvalue weighted by molar-refractivity contribution is -0.114. The zero-order valence-electron chi connectivity index (χ0n) is 15.7. The predicted octanol–water partition coefficient (Wildman–Crippen LogP) is 3.03. The van der Waals surface area contributed by atoms with Gasteiger partial charge in [0.1, 0.15) is 11.9 Å². The molecule has 1 N–H and O–H groups in total. The molecule has 1 aliphatic heterocycles. The number of hydrogen-bond acceptors (Lipinski definition) is 6. The Kier molecular flexibility index (Phi) is 4.84. The maximum atomic E-state index is 11.1. The van der Waals surface area contributed by atoms with E-state index in [1.165, 1.54) is 18.3 Å². The van der Waals surface area contributed by atoms with Gasteiger partial charge in [0.2, 0.25) is 5.91 Å². The van der Waals surface area contributed by atoms with Gasteiger partial charge >= 0.3 is 0 Å². The number of likely N-dealkylation sites (tertiary alicyclic amines) is 1. The lowest BCUT2D eigenvalue weighted by Crippen LogP contribution is -2.27. The lowest BCUT2D eigenvalue weighted by atomic mass is 10.2. The van der Waals surface area contributed by atoms with E-state index in [1.807, 2.05) is 36.3 Å². The van der Waals surface area contributed by atoms with Crippen LogP contribution in [0.3, 0.4) is 0 Å². The van der Waals surface area contributed by atoms with Gasteiger partial charge < -0.3 is 10.1 Å². The molecule has 3 heterocycles. The Bertz CT molecular complexity index is 966. The van der Waals surface area contributed by atoms with E-state index in [0.717, 1.165) is 41.0 Å². The van der Waals surface area contributed by atoms with E-state index in [2.05, 4.69) is 33.3 Å². The van der Waals surface area contributed by atoms with Crippen LogP contribution in [0.4, 0.5) is 5.13 Å². The van der Waals surface area contributed by atoms with E-state index in [9.17, 15) is 4.79 Å². The highest BCUT2D eigenvalue weighted by Gasteiger charge is 2.30. The Morgan fingerprint density at radius 1 is 1.44 bits per heavy atom. The average Bonchev–Trinajstić information content (AvgIpc) is 3.26. The summed E-state index contributed by atoms with van der Waals surface area (Å²) in [5, 5.41) is 8.88. The number of hydrogen-bond donors (Lipinski definition) is 1. The molecular weight excluding hydrogens is 362 g/mol. The van der Waals surface area contributed by atoms with E-state index in [-0.39, 0.29) is 12.0 Å². The lowest BCUT2D eigenvalue weighted by Gasteiger charge is -2.19. The van der Waals surface area contributed by atoms with Crippen LogP contribution in [0.15, 0.2) is 30.6 Å². The molecule has 2 aromatic heterocycles. The van der Waals surface area contributed by atoms with Crippen molar-refractivity contribution in [1.29, 1.82) is 0 Å². The van der Waals surface area contributed by atoms with E-state index >= 15 is 0 Å². The second-order valence-electron chi connectivity index (χ2n) is 7.09. The molecule has 0 spiro atoms. The van der Waals surface area contributed by atoms with Crippen LogP contribution in [0, 0.1) is 0 Å². The number of aryl methyl sites for hydroxylation is 1. The van der Waals surface area contributed by atoms with Crippen molar-refractivity contribution in [3.8, 4) is 5.75 Å². The summed E-state index contributed by atoms with van der Waals surface area (Å²) in [7, 11) is 1.92. The van der Waals surface area contributed by atoms with Crippen LogP contribution in [0.2, 0.25) is 0 Å². The number of amides is 1. The number of aromatic nitrogens is 3. The molecule has 0 unspecified atom stereocenters. The van der Waals surface area contributed by atoms with Gasteiger partial charge in [0, 0.05) is 62.2 Å². The van der Waals surface area contributed by atoms with Gasteiger partial charge in [-0.05, 0) is 25.1 Å². The predicted molar refractivity (Wildman–Crippen MR) is 106 cm³/mol. The average molecular weight is 385 g/mol. The fourth-order valence-electron chi connectivity index (χ4n) is 3.53. The summed E-state index contributed by atoms with van der Waals surface area (Å²) < 4.78 is 8.06. The second kappa shape index (κ2) is 7.28. The van der Waals surface area contributed by atoms with Crippen molar-refractivity contribution in [3.63, 3.8) is 0 Å². The van der Waals surface area contributed by atoms with Gasteiger partial charge in [-0.15, -0.1) is 11.3 Å². The fourth-order valence-corrected chi connectivity index (χ4v) is 4.42. The SMILES string of the molecule is CC(=O)Nc1ncc(CN2C[C@H](Oc3ccc4nn(C)cc4c3)C[C@@H]2C)s1. The minimum atomic E-state index is -0.0931. The number of ether oxygens (including phenoxy) is 1. The third-order valence-corrected chi connectivity index (χ3v) is 5.65. The van der Waals surface area contributed by atoms with Gasteiger partial charge in [0.15, 0.2) is 5.13 Å². The van der Waals surface area contributed by atoms with Crippen LogP contribution in [0.25, 0.3) is 10.9 Å². The fraction of sp³-hybridized carbons (Fsp3) is 0.421. The Morgan fingerprint density at radius 2 is 2.30 bits per heavy atom. The van der Waals surface area contributed by atoms with Crippen molar-refractivity contribution in [2.45, 2.75) is 39.0 Å². The van der Waals surface area contributed by atoms with Crippen molar-refractivity contribution in [3.05, 3.63) is 35.5 Å². The van der Waals surface area contributed by atoms with Crippen LogP contribution in [0.5, 0.6) is 5.75 Å². The van der Waals surface area contributed by atoms with Gasteiger partial charge in [-0.25, -0.2) is 4.98 Å². The highest BCUT2D eigenvalue weighted by Crippen LogP contribution is 2.28. The molecule has 142 valence electrons. The Hall–Kier alpha value is -2.45. The molecule has 0 saturated carbocycles. The number of anilines is 1. The first-order valence-corrected chi connectivity index (χ1v) is 9.84. The molecule has 2 atom stereocenters. The molecule has 3 aromatic rings. The molecule has 1 saturated heterocycles. The molecule has 1 aliphatic rings. The van der Waals surface area contributed by atoms with Gasteiger partial charge in [0.25, 0.3) is 0 Å². The molecular formula is C19H23N5O2S. The maximum Gasteiger partial charge on any atom is 0.223 e. The van der Waals surface area contributed by atoms with Crippen molar-refractivity contribution in [2.75, 3.05) is 11.9 Å². The highest BCUT2D eigenvalue weighted by molar-refractivity contribution is 7.15. The number of nitrogens with one attached hydrogen (secondary N) is 1. The summed E-state index contributed by atoms with van der Waals surface area (Å²) >= 11 is 1.52. The van der Waals surface area contributed by atoms with Crippen LogP contribution in [-0.2, 0) is 18.4 Å². The third-order valence-electron chi connectivity index (χ3n) is 4.75. The largest absolute Gasteiger partial charge is 0.489 e. The van der Waals surface area contributed by atoms with Crippen molar-refractivity contribution < 1.29 is 9.53 Å². The molecule has 0 bridgehead atoms. The zero-order valence-corrected chi connectivity index (χ0v) is 16.5. The van der Waals surface area contributed by atoms with Crippen molar-refractivity contribution in [2.24, 2.45) is 7.05 Å². The van der Waals surface area contributed by atoms with Crippen molar-refractivity contribution >= 4 is 33.3 Å². The minimum absolute atomic E-state index is 0.0931. The first-order chi connectivity index (χ1) is 13.0. The molecule has 0 aliphatic carbocycles. The van der Waals surface area contributed by atoms with Crippen molar-refractivity contribution in [1.82, 2.24) is 19.7 Å². The molecule has 0 radical (unpaired) electrons. The Labute approximate surface area is 162 Å². The van der Waals surface area contributed by atoms with Gasteiger partial charge in [-0.2, -0.15) is 5.10 Å². The van der Waals surface area contributed by atoms with Crippen LogP contribution in [-0.4, -0.2) is 44.3 Å². The van der Waals surface area contributed by atoms with Crippen LogP contribution >= 0.6 is 11.3 Å². The summed E-state index contributed by atoms with van der Waals surface area (Å²) in [6.45, 7) is 5.41. The number of carbonyl (C=O) groups is 1. The summed E-state index contributed by atoms with van der Waals surface area (Å²) in [6, 6.07) is 6.48. The smallest absolute Gasteiger partial charge is 0.223 e. The van der Waals surface area contributed by atoms with E-state index in [0.29, 0.717) is 11.2 Å². The highest BCUT2D eigenvalue weighted by atomic mass is 32.1. The summed E-state index contributed by atoms with van der Waals surface area (Å²) in [4.78, 5) is 18.9. The number of fused-ring (bicyclic) bond motifs is 1. The molecule has 7 nitrogen and oxygen atoms in total. The number of thiazole rings is 1. The topological polar surface area (TPSA) is 72.3 Å². The standard InChI is InChI=1S/C19H23N5O2S/c1-12-6-16(26-15-4-5-18-14(7-15)9-23(3)22-18)10-24(12)11-17-8-20-19(27-17)21-13(2)25/h4-5,7-9,12,16H,6,10-11H2,1-3H3,(H,20,21,25)/t12-,16+/m0/s1. The first-order valence-electron chi connectivity index (χ1n) is 9.02. The monoisotopic (exact) mass is 385 g/mol. The molecule has 1 amide bonds. The number of benzene rings is 1. The van der Waals surface area contributed by atoms with E-state index in [4.69, 9.17) is 4.74 Å². The molecule has 4 rings (SSSR count). The maximum absolute atomic E-state index is 11.1. The van der Waals surface area contributed by atoms with E-state index < -0.39 is 0 Å². The van der Waals surface area contributed by atoms with Gasteiger partial charge in [0.05, 0.1) is 5.52 Å². The van der Waals surface area contributed by atoms with Gasteiger partial charge in [-0.3, -0.25) is 14.4 Å². The second-order valence-corrected chi connectivity index (χ2v) is 8.21. The Morgan fingerprint density at radius 3 is 3.11 bits per heavy atom. The quantitative estimate of drug-likeness (QED) is 0.731.